The molecule has 0 fully saturated rings. The van der Waals surface area contributed by atoms with Crippen LogP contribution in [0.25, 0.3) is 28.0 Å². The zero-order valence-electron chi connectivity index (χ0n) is 17.4. The van der Waals surface area contributed by atoms with E-state index in [0.29, 0.717) is 29.2 Å². The number of aromatic carboxylic acids is 1. The van der Waals surface area contributed by atoms with Gasteiger partial charge in [-0.25, -0.2) is 14.3 Å². The van der Waals surface area contributed by atoms with E-state index in [4.69, 9.17) is 4.74 Å². The van der Waals surface area contributed by atoms with Crippen LogP contribution in [0.4, 0.5) is 0 Å². The molecule has 0 bridgehead atoms. The van der Waals surface area contributed by atoms with Crippen LogP contribution >= 0.6 is 0 Å². The summed E-state index contributed by atoms with van der Waals surface area (Å²) in [6, 6.07) is 27.8. The molecule has 0 radical (unpaired) electrons. The van der Waals surface area contributed by atoms with E-state index in [1.54, 1.807) is 0 Å². The smallest absolute Gasteiger partial charge is 0.353 e. The molecule has 7 heteroatoms. The number of nitrogens with zero attached hydrogens (tertiary/aromatic N) is 2. The first-order chi connectivity index (χ1) is 16.1. The van der Waals surface area contributed by atoms with Crippen LogP contribution in [0.3, 0.4) is 0 Å². The molecule has 0 saturated carbocycles. The Morgan fingerprint density at radius 1 is 0.909 bits per heavy atom. The fourth-order valence-electron chi connectivity index (χ4n) is 3.66. The number of ether oxygens (including phenoxy) is 1. The van der Waals surface area contributed by atoms with Crippen molar-refractivity contribution in [3.8, 4) is 28.1 Å². The van der Waals surface area contributed by atoms with E-state index in [-0.39, 0.29) is 16.9 Å². The molecule has 0 atom stereocenters. The van der Waals surface area contributed by atoms with E-state index < -0.39 is 5.97 Å². The van der Waals surface area contributed by atoms with Crippen molar-refractivity contribution >= 4 is 11.6 Å². The van der Waals surface area contributed by atoms with Gasteiger partial charge in [0.2, 0.25) is 0 Å². The molecular formula is C26H19N3O4. The molecule has 33 heavy (non-hydrogen) atoms. The SMILES string of the molecule is O=C(O)c1cc2nc(-c3ccc(OCc4ccccc4)cc3)c(-c3ccccc3)c(=O)n2[nH]1. The fraction of sp³-hybridized carbons (Fsp3) is 0.0385. The van der Waals surface area contributed by atoms with Gasteiger partial charge in [0, 0.05) is 11.6 Å². The number of aromatic nitrogens is 3. The lowest BCUT2D eigenvalue weighted by atomic mass is 10.0. The monoisotopic (exact) mass is 437 g/mol. The van der Waals surface area contributed by atoms with Crippen molar-refractivity contribution in [2.75, 3.05) is 0 Å². The highest BCUT2D eigenvalue weighted by molar-refractivity contribution is 5.87. The maximum absolute atomic E-state index is 13.4. The van der Waals surface area contributed by atoms with E-state index in [2.05, 4.69) is 10.1 Å². The van der Waals surface area contributed by atoms with Gasteiger partial charge in [0.1, 0.15) is 18.1 Å². The third kappa shape index (κ3) is 3.99. The van der Waals surface area contributed by atoms with Crippen LogP contribution in [0, 0.1) is 0 Å². The minimum atomic E-state index is -1.16. The molecule has 0 aliphatic carbocycles. The fourth-order valence-corrected chi connectivity index (χ4v) is 3.66. The lowest BCUT2D eigenvalue weighted by Crippen LogP contribution is -2.19. The molecule has 7 nitrogen and oxygen atoms in total. The lowest BCUT2D eigenvalue weighted by Gasteiger charge is -2.11. The van der Waals surface area contributed by atoms with Crippen molar-refractivity contribution in [2.24, 2.45) is 0 Å². The van der Waals surface area contributed by atoms with E-state index in [1.165, 1.54) is 6.07 Å². The van der Waals surface area contributed by atoms with Crippen LogP contribution in [0.1, 0.15) is 16.1 Å². The predicted octanol–water partition coefficient (Wildman–Crippen LogP) is 4.63. The molecule has 2 N–H and O–H groups in total. The predicted molar refractivity (Wildman–Crippen MR) is 124 cm³/mol. The number of hydrogen-bond acceptors (Lipinski definition) is 4. The van der Waals surface area contributed by atoms with Gasteiger partial charge in [-0.15, -0.1) is 0 Å². The summed E-state index contributed by atoms with van der Waals surface area (Å²) in [6.07, 6.45) is 0. The van der Waals surface area contributed by atoms with E-state index >= 15 is 0 Å². The first-order valence-corrected chi connectivity index (χ1v) is 10.3. The van der Waals surface area contributed by atoms with Gasteiger partial charge >= 0.3 is 5.97 Å². The quantitative estimate of drug-likeness (QED) is 0.404. The molecule has 0 saturated heterocycles. The number of carbonyl (C=O) groups is 1. The molecule has 162 valence electrons. The number of benzene rings is 3. The summed E-state index contributed by atoms with van der Waals surface area (Å²) in [4.78, 5) is 29.4. The maximum Gasteiger partial charge on any atom is 0.353 e. The highest BCUT2D eigenvalue weighted by Gasteiger charge is 2.19. The Bertz CT molecular complexity index is 1490. The van der Waals surface area contributed by atoms with Crippen molar-refractivity contribution in [1.29, 1.82) is 0 Å². The van der Waals surface area contributed by atoms with Gasteiger partial charge in [-0.1, -0.05) is 60.7 Å². The number of rotatable bonds is 6. The molecule has 0 amide bonds. The molecule has 5 rings (SSSR count). The number of aromatic amines is 1. The van der Waals surface area contributed by atoms with Crippen LogP contribution in [-0.2, 0) is 6.61 Å². The van der Waals surface area contributed by atoms with Gasteiger partial charge in [0.15, 0.2) is 5.65 Å². The molecular weight excluding hydrogens is 418 g/mol. The number of fused-ring (bicyclic) bond motifs is 1. The van der Waals surface area contributed by atoms with Crippen LogP contribution in [0.2, 0.25) is 0 Å². The number of carboxylic acid groups (broad SMARTS) is 1. The Hall–Kier alpha value is -4.65. The number of nitrogens with one attached hydrogen (secondary N) is 1. The zero-order chi connectivity index (χ0) is 22.8. The van der Waals surface area contributed by atoms with Gasteiger partial charge < -0.3 is 9.84 Å². The summed E-state index contributed by atoms with van der Waals surface area (Å²) < 4.78 is 7.02. The van der Waals surface area contributed by atoms with Crippen LogP contribution in [0.5, 0.6) is 5.75 Å². The normalized spacial score (nSPS) is 10.9. The first-order valence-electron chi connectivity index (χ1n) is 10.3. The summed E-state index contributed by atoms with van der Waals surface area (Å²) in [5.41, 5.74) is 3.07. The molecule has 0 unspecified atom stereocenters. The summed E-state index contributed by atoms with van der Waals surface area (Å²) in [6.45, 7) is 0.447. The Morgan fingerprint density at radius 2 is 1.58 bits per heavy atom. The number of carboxylic acids is 1. The van der Waals surface area contributed by atoms with Crippen molar-refractivity contribution < 1.29 is 14.6 Å². The van der Waals surface area contributed by atoms with E-state index in [0.717, 1.165) is 15.6 Å². The van der Waals surface area contributed by atoms with E-state index in [1.807, 2.05) is 84.9 Å². The number of hydrogen-bond donors (Lipinski definition) is 2. The number of H-pyrrole nitrogens is 1. The Morgan fingerprint density at radius 3 is 2.24 bits per heavy atom. The second kappa shape index (κ2) is 8.47. The summed E-state index contributed by atoms with van der Waals surface area (Å²) in [5, 5.41) is 11.9. The van der Waals surface area contributed by atoms with Crippen molar-refractivity contribution in [3.05, 3.63) is 113 Å². The second-order valence-electron chi connectivity index (χ2n) is 7.47. The van der Waals surface area contributed by atoms with Gasteiger partial charge in [-0.2, -0.15) is 0 Å². The average Bonchev–Trinajstić information content (AvgIpc) is 3.29. The Labute approximate surface area is 188 Å². The highest BCUT2D eigenvalue weighted by atomic mass is 16.5. The molecule has 2 aromatic heterocycles. The van der Waals surface area contributed by atoms with Gasteiger partial charge in [0.25, 0.3) is 5.56 Å². The maximum atomic E-state index is 13.4. The third-order valence-corrected chi connectivity index (χ3v) is 5.28. The molecule has 2 heterocycles. The highest BCUT2D eigenvalue weighted by Crippen LogP contribution is 2.29. The zero-order valence-corrected chi connectivity index (χ0v) is 17.4. The Balaban J connectivity index is 1.57. The molecule has 0 aliphatic rings. The molecule has 5 aromatic rings. The van der Waals surface area contributed by atoms with Gasteiger partial charge in [0.05, 0.1) is 11.3 Å². The Kier molecular flexibility index (Phi) is 5.20. The largest absolute Gasteiger partial charge is 0.489 e. The minimum Gasteiger partial charge on any atom is -0.489 e. The summed E-state index contributed by atoms with van der Waals surface area (Å²) >= 11 is 0. The van der Waals surface area contributed by atoms with E-state index in [9.17, 15) is 14.7 Å². The third-order valence-electron chi connectivity index (χ3n) is 5.28. The second-order valence-corrected chi connectivity index (χ2v) is 7.47. The average molecular weight is 437 g/mol. The first kappa shape index (κ1) is 20.3. The van der Waals surface area contributed by atoms with Crippen LogP contribution < -0.4 is 10.3 Å². The van der Waals surface area contributed by atoms with Crippen molar-refractivity contribution in [1.82, 2.24) is 14.6 Å². The topological polar surface area (TPSA) is 96.7 Å². The van der Waals surface area contributed by atoms with Gasteiger partial charge in [-0.3, -0.25) is 9.89 Å². The van der Waals surface area contributed by atoms with Crippen molar-refractivity contribution in [2.45, 2.75) is 6.61 Å². The minimum absolute atomic E-state index is 0.111. The summed E-state index contributed by atoms with van der Waals surface area (Å²) in [7, 11) is 0. The van der Waals surface area contributed by atoms with Crippen LogP contribution in [-0.4, -0.2) is 25.7 Å². The lowest BCUT2D eigenvalue weighted by molar-refractivity contribution is 0.0690. The molecule has 0 aliphatic heterocycles. The summed E-state index contributed by atoms with van der Waals surface area (Å²) in [5.74, 6) is -0.473. The van der Waals surface area contributed by atoms with Gasteiger partial charge in [-0.05, 0) is 35.4 Å². The van der Waals surface area contributed by atoms with Crippen molar-refractivity contribution in [3.63, 3.8) is 0 Å². The molecule has 3 aromatic carbocycles. The molecule has 0 spiro atoms. The standard InChI is InChI=1S/C26H19N3O4/c30-25-23(18-9-5-2-6-10-18)24(27-22-15-21(26(31)32)28-29(22)25)19-11-13-20(14-12-19)33-16-17-7-3-1-4-8-17/h1-15,28H,16H2,(H,31,32). The van der Waals surface area contributed by atoms with Crippen LogP contribution in [0.15, 0.2) is 95.8 Å².